The van der Waals surface area contributed by atoms with E-state index in [0.717, 1.165) is 5.69 Å². The van der Waals surface area contributed by atoms with Crippen LogP contribution < -0.4 is 4.72 Å². The van der Waals surface area contributed by atoms with E-state index in [-0.39, 0.29) is 12.4 Å². The molecule has 1 rings (SSSR count). The number of nitrogens with zero attached hydrogens (tertiary/aromatic N) is 1. The second kappa shape index (κ2) is 6.98. The lowest BCUT2D eigenvalue weighted by Gasteiger charge is -2.28. The minimum Gasteiger partial charge on any atom is -0.396 e. The first-order valence-electron chi connectivity index (χ1n) is 6.43. The molecule has 0 aliphatic rings. The van der Waals surface area contributed by atoms with Crippen molar-refractivity contribution in [2.75, 3.05) is 12.4 Å². The van der Waals surface area contributed by atoms with Crippen LogP contribution >= 0.6 is 0 Å². The summed E-state index contributed by atoms with van der Waals surface area (Å²) < 4.78 is 26.7. The molecular formula is C13H22N2O3S. The van der Waals surface area contributed by atoms with Gasteiger partial charge < -0.3 is 5.11 Å². The number of nitrogens with one attached hydrogen (secondary N) is 1. The maximum Gasteiger partial charge on any atom is 0.212 e. The molecule has 19 heavy (non-hydrogen) atoms. The van der Waals surface area contributed by atoms with Gasteiger partial charge in [0, 0.05) is 30.5 Å². The van der Waals surface area contributed by atoms with Gasteiger partial charge in [-0.25, -0.2) is 13.1 Å². The highest BCUT2D eigenvalue weighted by Gasteiger charge is 2.27. The van der Waals surface area contributed by atoms with E-state index in [1.807, 2.05) is 26.0 Å². The molecule has 0 bridgehead atoms. The summed E-state index contributed by atoms with van der Waals surface area (Å²) in [6.07, 6.45) is 3.08. The molecular weight excluding hydrogens is 264 g/mol. The van der Waals surface area contributed by atoms with Gasteiger partial charge in [0.25, 0.3) is 0 Å². The molecule has 1 heterocycles. The predicted molar refractivity (Wildman–Crippen MR) is 75.3 cm³/mol. The van der Waals surface area contributed by atoms with Gasteiger partial charge in [0.1, 0.15) is 0 Å². The van der Waals surface area contributed by atoms with Gasteiger partial charge in [-0.05, 0) is 31.9 Å². The van der Waals surface area contributed by atoms with Gasteiger partial charge in [0.05, 0.1) is 5.75 Å². The molecule has 0 saturated heterocycles. The molecule has 108 valence electrons. The van der Waals surface area contributed by atoms with Gasteiger partial charge >= 0.3 is 0 Å². The normalized spacial score (nSPS) is 15.1. The quantitative estimate of drug-likeness (QED) is 0.750. The Bertz CT molecular complexity index is 476. The summed E-state index contributed by atoms with van der Waals surface area (Å²) in [4.78, 5) is 4.10. The second-order valence-corrected chi connectivity index (χ2v) is 6.72. The van der Waals surface area contributed by atoms with E-state index >= 15 is 0 Å². The fraction of sp³-hybridized carbons (Fsp3) is 0.615. The van der Waals surface area contributed by atoms with Crippen molar-refractivity contribution in [1.29, 1.82) is 0 Å². The highest BCUT2D eigenvalue weighted by molar-refractivity contribution is 7.89. The summed E-state index contributed by atoms with van der Waals surface area (Å²) in [5.74, 6) is 0.00499. The summed E-state index contributed by atoms with van der Waals surface area (Å²) in [6, 6.07) is 5.44. The molecule has 1 aromatic heterocycles. The number of aliphatic hydroxyl groups is 1. The Hall–Kier alpha value is -0.980. The van der Waals surface area contributed by atoms with Crippen LogP contribution in [0.15, 0.2) is 24.4 Å². The second-order valence-electron chi connectivity index (χ2n) is 4.88. The molecule has 0 fully saturated rings. The van der Waals surface area contributed by atoms with Crippen molar-refractivity contribution in [1.82, 2.24) is 9.71 Å². The van der Waals surface area contributed by atoms with Crippen molar-refractivity contribution in [2.45, 2.75) is 38.6 Å². The zero-order chi connectivity index (χ0) is 14.4. The highest BCUT2D eigenvalue weighted by Crippen LogP contribution is 2.15. The Morgan fingerprint density at radius 3 is 2.68 bits per heavy atom. The number of hydrogen-bond acceptors (Lipinski definition) is 4. The van der Waals surface area contributed by atoms with Crippen molar-refractivity contribution in [3.05, 3.63) is 30.1 Å². The van der Waals surface area contributed by atoms with Crippen LogP contribution in [0, 0.1) is 0 Å². The molecule has 0 aromatic carbocycles. The van der Waals surface area contributed by atoms with E-state index in [1.165, 1.54) is 0 Å². The lowest BCUT2D eigenvalue weighted by molar-refractivity contribution is 0.233. The van der Waals surface area contributed by atoms with Gasteiger partial charge in [-0.15, -0.1) is 0 Å². The Labute approximate surface area is 115 Å². The van der Waals surface area contributed by atoms with Gasteiger partial charge in [0.2, 0.25) is 10.0 Å². The maximum absolute atomic E-state index is 12.0. The molecule has 5 nitrogen and oxygen atoms in total. The van der Waals surface area contributed by atoms with E-state index in [4.69, 9.17) is 5.11 Å². The lowest BCUT2D eigenvalue weighted by atomic mass is 9.97. The first kappa shape index (κ1) is 16.1. The van der Waals surface area contributed by atoms with Crippen LogP contribution in [0.3, 0.4) is 0 Å². The SMILES string of the molecule is CCC(C)(CCO)NS(=O)(=O)CCc1ccccn1. The summed E-state index contributed by atoms with van der Waals surface area (Å²) in [6.45, 7) is 3.67. The van der Waals surface area contributed by atoms with E-state index in [2.05, 4.69) is 9.71 Å². The minimum absolute atomic E-state index is 0.00499. The van der Waals surface area contributed by atoms with E-state index in [0.29, 0.717) is 19.3 Å². The average molecular weight is 286 g/mol. The summed E-state index contributed by atoms with van der Waals surface area (Å²) in [7, 11) is -3.37. The summed E-state index contributed by atoms with van der Waals surface area (Å²) >= 11 is 0. The van der Waals surface area contributed by atoms with Crippen molar-refractivity contribution >= 4 is 10.0 Å². The molecule has 0 aliphatic carbocycles. The fourth-order valence-corrected chi connectivity index (χ4v) is 3.34. The Morgan fingerprint density at radius 2 is 2.16 bits per heavy atom. The van der Waals surface area contributed by atoms with Crippen LogP contribution in [-0.2, 0) is 16.4 Å². The largest absolute Gasteiger partial charge is 0.396 e. The monoisotopic (exact) mass is 286 g/mol. The van der Waals surface area contributed by atoms with Crippen LogP contribution in [0.2, 0.25) is 0 Å². The van der Waals surface area contributed by atoms with E-state index in [1.54, 1.807) is 12.3 Å². The third kappa shape index (κ3) is 5.67. The number of hydrogen-bond donors (Lipinski definition) is 2. The molecule has 6 heteroatoms. The van der Waals surface area contributed by atoms with Crippen molar-refractivity contribution in [3.63, 3.8) is 0 Å². The predicted octanol–water partition coefficient (Wildman–Crippen LogP) is 1.09. The van der Waals surface area contributed by atoms with Crippen molar-refractivity contribution < 1.29 is 13.5 Å². The van der Waals surface area contributed by atoms with Gasteiger partial charge in [-0.2, -0.15) is 0 Å². The molecule has 2 N–H and O–H groups in total. The minimum atomic E-state index is -3.37. The first-order chi connectivity index (χ1) is 8.91. The number of aryl methyl sites for hydroxylation is 1. The highest BCUT2D eigenvalue weighted by atomic mass is 32.2. The molecule has 0 radical (unpaired) electrons. The zero-order valence-electron chi connectivity index (χ0n) is 11.5. The van der Waals surface area contributed by atoms with Crippen molar-refractivity contribution in [3.8, 4) is 0 Å². The first-order valence-corrected chi connectivity index (χ1v) is 8.08. The zero-order valence-corrected chi connectivity index (χ0v) is 12.3. The Kier molecular flexibility index (Phi) is 5.90. The molecule has 0 amide bonds. The standard InChI is InChI=1S/C13H22N2O3S/c1-3-13(2,8-10-16)15-19(17,18)11-7-12-6-4-5-9-14-12/h4-6,9,15-16H,3,7-8,10-11H2,1-2H3. The third-order valence-electron chi connectivity index (χ3n) is 3.20. The molecule has 1 aromatic rings. The fourth-order valence-electron chi connectivity index (χ4n) is 1.76. The van der Waals surface area contributed by atoms with E-state index in [9.17, 15) is 8.42 Å². The van der Waals surface area contributed by atoms with Crippen molar-refractivity contribution in [2.24, 2.45) is 0 Å². The van der Waals surface area contributed by atoms with Crippen LogP contribution in [0.5, 0.6) is 0 Å². The Balaban J connectivity index is 2.61. The maximum atomic E-state index is 12.0. The van der Waals surface area contributed by atoms with Crippen LogP contribution in [0.25, 0.3) is 0 Å². The van der Waals surface area contributed by atoms with Gasteiger partial charge in [-0.1, -0.05) is 13.0 Å². The molecule has 0 aliphatic heterocycles. The van der Waals surface area contributed by atoms with Crippen LogP contribution in [0.4, 0.5) is 0 Å². The molecule has 1 unspecified atom stereocenters. The third-order valence-corrected chi connectivity index (χ3v) is 4.74. The lowest BCUT2D eigenvalue weighted by Crippen LogP contribution is -2.47. The topological polar surface area (TPSA) is 79.3 Å². The Morgan fingerprint density at radius 1 is 1.42 bits per heavy atom. The number of sulfonamides is 1. The smallest absolute Gasteiger partial charge is 0.212 e. The number of aliphatic hydroxyl groups excluding tert-OH is 1. The van der Waals surface area contributed by atoms with Crippen LogP contribution in [0.1, 0.15) is 32.4 Å². The molecule has 0 saturated carbocycles. The number of pyridine rings is 1. The summed E-state index contributed by atoms with van der Waals surface area (Å²) in [5.41, 5.74) is 0.172. The molecule has 1 atom stereocenters. The van der Waals surface area contributed by atoms with Crippen LogP contribution in [-0.4, -0.2) is 36.4 Å². The number of aromatic nitrogens is 1. The van der Waals surface area contributed by atoms with E-state index < -0.39 is 15.6 Å². The average Bonchev–Trinajstić information content (AvgIpc) is 2.37. The molecule has 0 spiro atoms. The summed E-state index contributed by atoms with van der Waals surface area (Å²) in [5, 5.41) is 8.99. The van der Waals surface area contributed by atoms with Gasteiger partial charge in [0.15, 0.2) is 0 Å². The number of rotatable bonds is 8. The van der Waals surface area contributed by atoms with Gasteiger partial charge in [-0.3, -0.25) is 4.98 Å².